The Kier molecular flexibility index (Phi) is 3.40. The molecule has 3 aromatic rings. The van der Waals surface area contributed by atoms with Crippen molar-refractivity contribution in [1.82, 2.24) is 0 Å². The highest BCUT2D eigenvalue weighted by Crippen LogP contribution is 2.48. The number of hydrogen-bond acceptors (Lipinski definition) is 2. The molecule has 114 valence electrons. The summed E-state index contributed by atoms with van der Waals surface area (Å²) in [5, 5.41) is 11.8. The number of fused-ring (bicyclic) bond motifs is 1. The molecular weight excluding hydrogens is 284 g/mol. The van der Waals surface area contributed by atoms with Crippen LogP contribution in [0, 0.1) is 0 Å². The van der Waals surface area contributed by atoms with Gasteiger partial charge in [0, 0.05) is 5.56 Å². The molecule has 1 heterocycles. The third-order valence-corrected chi connectivity index (χ3v) is 4.62. The van der Waals surface area contributed by atoms with Gasteiger partial charge in [0.05, 0.1) is 12.5 Å². The second-order valence-corrected chi connectivity index (χ2v) is 5.90. The van der Waals surface area contributed by atoms with E-state index in [1.165, 1.54) is 0 Å². The van der Waals surface area contributed by atoms with Crippen molar-refractivity contribution in [2.75, 3.05) is 6.61 Å². The molecule has 0 amide bonds. The lowest BCUT2D eigenvalue weighted by atomic mass is 9.72. The summed E-state index contributed by atoms with van der Waals surface area (Å²) in [6, 6.07) is 27.7. The van der Waals surface area contributed by atoms with Gasteiger partial charge in [0.1, 0.15) is 11.4 Å². The first-order chi connectivity index (χ1) is 11.3. The highest BCUT2D eigenvalue weighted by Gasteiger charge is 2.46. The van der Waals surface area contributed by atoms with Gasteiger partial charge in [-0.25, -0.2) is 0 Å². The van der Waals surface area contributed by atoms with Gasteiger partial charge in [-0.15, -0.1) is 0 Å². The normalized spacial score (nSPS) is 22.9. The van der Waals surface area contributed by atoms with E-state index < -0.39 is 5.60 Å². The molecule has 0 saturated heterocycles. The van der Waals surface area contributed by atoms with Crippen molar-refractivity contribution < 1.29 is 9.84 Å². The van der Waals surface area contributed by atoms with Crippen molar-refractivity contribution in [1.29, 1.82) is 0 Å². The third kappa shape index (κ3) is 2.23. The summed E-state index contributed by atoms with van der Waals surface area (Å²) in [7, 11) is 0. The molecule has 23 heavy (non-hydrogen) atoms. The van der Waals surface area contributed by atoms with Crippen molar-refractivity contribution in [3.63, 3.8) is 0 Å². The third-order valence-electron chi connectivity index (χ3n) is 4.62. The summed E-state index contributed by atoms with van der Waals surface area (Å²) in [5.41, 5.74) is 1.70. The lowest BCUT2D eigenvalue weighted by Crippen LogP contribution is -2.41. The molecule has 1 aliphatic rings. The van der Waals surface area contributed by atoms with E-state index in [4.69, 9.17) is 4.74 Å². The standard InChI is InChI=1S/C21H18O2/c22-21(17-11-5-2-6-12-17)18-13-7-8-14-20(18)23-15-19(21)16-9-3-1-4-10-16/h1-14,19,22H,15H2. The van der Waals surface area contributed by atoms with E-state index >= 15 is 0 Å². The molecular formula is C21H18O2. The Morgan fingerprint density at radius 2 is 1.39 bits per heavy atom. The van der Waals surface area contributed by atoms with Gasteiger partial charge in [-0.1, -0.05) is 78.9 Å². The summed E-state index contributed by atoms with van der Waals surface area (Å²) in [5.74, 6) is 0.604. The van der Waals surface area contributed by atoms with Crippen LogP contribution in [0.15, 0.2) is 84.9 Å². The van der Waals surface area contributed by atoms with Gasteiger partial charge in [-0.05, 0) is 17.2 Å². The van der Waals surface area contributed by atoms with Gasteiger partial charge in [-0.2, -0.15) is 0 Å². The van der Waals surface area contributed by atoms with Crippen molar-refractivity contribution in [2.24, 2.45) is 0 Å². The number of rotatable bonds is 2. The Hall–Kier alpha value is -2.58. The SMILES string of the molecule is OC1(c2ccccc2)c2ccccc2OCC1c1ccccc1. The number of para-hydroxylation sites is 1. The van der Waals surface area contributed by atoms with E-state index in [0.717, 1.165) is 22.4 Å². The molecule has 0 aliphatic carbocycles. The van der Waals surface area contributed by atoms with Crippen LogP contribution in [0.4, 0.5) is 0 Å². The molecule has 1 aliphatic heterocycles. The molecule has 2 nitrogen and oxygen atoms in total. The predicted molar refractivity (Wildman–Crippen MR) is 90.6 cm³/mol. The van der Waals surface area contributed by atoms with Crippen LogP contribution in [-0.4, -0.2) is 11.7 Å². The Labute approximate surface area is 136 Å². The molecule has 0 aromatic heterocycles. The molecule has 4 rings (SSSR count). The topological polar surface area (TPSA) is 29.5 Å². The minimum absolute atomic E-state index is 0.152. The lowest BCUT2D eigenvalue weighted by molar-refractivity contribution is 0.0107. The first-order valence-electron chi connectivity index (χ1n) is 7.85. The highest BCUT2D eigenvalue weighted by atomic mass is 16.5. The maximum Gasteiger partial charge on any atom is 0.128 e. The molecule has 0 bridgehead atoms. The quantitative estimate of drug-likeness (QED) is 0.772. The summed E-state index contributed by atoms with van der Waals surface area (Å²) in [6.07, 6.45) is 0. The van der Waals surface area contributed by atoms with Gasteiger partial charge in [0.25, 0.3) is 0 Å². The van der Waals surface area contributed by atoms with Crippen LogP contribution < -0.4 is 4.74 Å². The second kappa shape index (κ2) is 5.56. The number of hydrogen-bond donors (Lipinski definition) is 1. The minimum atomic E-state index is -1.10. The van der Waals surface area contributed by atoms with E-state index in [1.54, 1.807) is 0 Å². The Bertz CT molecular complexity index is 798. The van der Waals surface area contributed by atoms with Gasteiger partial charge >= 0.3 is 0 Å². The van der Waals surface area contributed by atoms with Crippen LogP contribution >= 0.6 is 0 Å². The zero-order chi connectivity index (χ0) is 15.7. The summed E-state index contributed by atoms with van der Waals surface area (Å²) < 4.78 is 5.95. The van der Waals surface area contributed by atoms with Crippen LogP contribution in [0.1, 0.15) is 22.6 Å². The molecule has 0 fully saturated rings. The molecule has 3 aromatic carbocycles. The van der Waals surface area contributed by atoms with E-state index in [2.05, 4.69) is 12.1 Å². The number of ether oxygens (including phenoxy) is 1. The fourth-order valence-electron chi connectivity index (χ4n) is 3.46. The Morgan fingerprint density at radius 3 is 2.13 bits per heavy atom. The van der Waals surface area contributed by atoms with Crippen molar-refractivity contribution >= 4 is 0 Å². The molecule has 1 N–H and O–H groups in total. The van der Waals surface area contributed by atoms with Crippen LogP contribution in [0.5, 0.6) is 5.75 Å². The summed E-state index contributed by atoms with van der Waals surface area (Å²) >= 11 is 0. The smallest absolute Gasteiger partial charge is 0.128 e. The van der Waals surface area contributed by atoms with Gasteiger partial charge in [-0.3, -0.25) is 0 Å². The summed E-state index contributed by atoms with van der Waals surface area (Å²) in [6.45, 7) is 0.451. The van der Waals surface area contributed by atoms with Gasteiger partial charge in [0.15, 0.2) is 0 Å². The maximum absolute atomic E-state index is 11.8. The molecule has 2 heteroatoms. The zero-order valence-electron chi connectivity index (χ0n) is 12.7. The second-order valence-electron chi connectivity index (χ2n) is 5.90. The van der Waals surface area contributed by atoms with Crippen LogP contribution in [0.25, 0.3) is 0 Å². The largest absolute Gasteiger partial charge is 0.492 e. The van der Waals surface area contributed by atoms with Crippen molar-refractivity contribution in [3.05, 3.63) is 102 Å². The van der Waals surface area contributed by atoms with Crippen LogP contribution in [0.3, 0.4) is 0 Å². The van der Waals surface area contributed by atoms with E-state index in [9.17, 15) is 5.11 Å². The fourth-order valence-corrected chi connectivity index (χ4v) is 3.46. The predicted octanol–water partition coefficient (Wildman–Crippen LogP) is 4.10. The lowest BCUT2D eigenvalue weighted by Gasteiger charge is -2.42. The van der Waals surface area contributed by atoms with Crippen molar-refractivity contribution in [3.8, 4) is 5.75 Å². The van der Waals surface area contributed by atoms with Crippen molar-refractivity contribution in [2.45, 2.75) is 11.5 Å². The van der Waals surface area contributed by atoms with E-state index in [-0.39, 0.29) is 5.92 Å². The number of benzene rings is 3. The van der Waals surface area contributed by atoms with Crippen LogP contribution in [-0.2, 0) is 5.60 Å². The average Bonchev–Trinajstić information content (AvgIpc) is 2.64. The minimum Gasteiger partial charge on any atom is -0.492 e. The average molecular weight is 302 g/mol. The summed E-state index contributed by atoms with van der Waals surface area (Å²) in [4.78, 5) is 0. The van der Waals surface area contributed by atoms with Gasteiger partial charge < -0.3 is 9.84 Å². The Balaban J connectivity index is 1.94. The van der Waals surface area contributed by atoms with E-state index in [0.29, 0.717) is 6.61 Å². The van der Waals surface area contributed by atoms with Crippen LogP contribution in [0.2, 0.25) is 0 Å². The maximum atomic E-state index is 11.8. The Morgan fingerprint density at radius 1 is 0.783 bits per heavy atom. The fraction of sp³-hybridized carbons (Fsp3) is 0.143. The first-order valence-corrected chi connectivity index (χ1v) is 7.85. The molecule has 0 radical (unpaired) electrons. The molecule has 0 spiro atoms. The van der Waals surface area contributed by atoms with Gasteiger partial charge in [0.2, 0.25) is 0 Å². The molecule has 2 atom stereocenters. The van der Waals surface area contributed by atoms with E-state index in [1.807, 2.05) is 72.8 Å². The molecule has 2 unspecified atom stereocenters. The zero-order valence-corrected chi connectivity index (χ0v) is 12.7. The molecule has 0 saturated carbocycles. The highest BCUT2D eigenvalue weighted by molar-refractivity contribution is 5.50. The monoisotopic (exact) mass is 302 g/mol. The first kappa shape index (κ1) is 14.0. The number of aliphatic hydroxyl groups is 1.